The molecule has 3 aliphatic rings. The van der Waals surface area contributed by atoms with Crippen LogP contribution in [0.5, 0.6) is 5.75 Å². The van der Waals surface area contributed by atoms with Crippen molar-refractivity contribution < 1.29 is 28.3 Å². The van der Waals surface area contributed by atoms with E-state index >= 15 is 0 Å². The number of azo groups is 1. The van der Waals surface area contributed by atoms with Crippen LogP contribution in [0, 0.1) is 33.5 Å². The van der Waals surface area contributed by atoms with Crippen molar-refractivity contribution in [3.63, 3.8) is 0 Å². The number of rotatable bonds is 20. The standard InChI is InChI=1S/C21H25FN4O2S.C21H19N5O2S.C20H23BrFN3.C20H24BrN3O/c1-15-10-11-18(22)17(14-15)19-24-26(20(27)25(2)28-3)21(29-19,12-7-13-23)16-8-5-4-6-9-16;1-3-28-18-12-8-7-11-16(18)23-24-19-14(2)25-26(20(19)27)21-22-17(13-29-21)15-9-5-4-6-10-15;1-14-2-4-19-17(10-14)18-11-15(21)3-5-20(18)25(19)13-16(22)12-24-8-6-23-7-9-24;1-14-2-4-19-17(10-14)18-11-15(21)3-5-20(18)24(19)13-16(25)12-23-8-6-22-7-9-23/h4-6,8-11,14H,7,12-13,23H2,1-3H3;4-13,25H,3H2,1-2H3;2-5,10-11,16,23H,6-9,12-13H2,1H3;2-5,10-11,16,22,25H,6-9,12-13H2,1H3/t21-;;;/m0.../s1. The average Bonchev–Trinajstić information content (AvgIpc) is 1.63. The number of carbonyl (C=O) groups is 1. The Kier molecular flexibility index (Phi) is 26.7. The molecule has 2 saturated heterocycles. The van der Waals surface area contributed by atoms with E-state index in [4.69, 9.17) is 15.3 Å². The van der Waals surface area contributed by atoms with Crippen LogP contribution in [-0.2, 0) is 22.8 Å². The highest BCUT2D eigenvalue weighted by molar-refractivity contribution is 9.10. The van der Waals surface area contributed by atoms with Gasteiger partial charge in [-0.05, 0) is 144 Å². The number of nitrogens with one attached hydrogen (secondary N) is 3. The number of thioether (sulfide) groups is 1. The number of aryl methyl sites for hydroxylation is 4. The zero-order chi connectivity index (χ0) is 76.0. The number of H-pyrrole nitrogens is 1. The third kappa shape index (κ3) is 18.6. The molecule has 0 spiro atoms. The van der Waals surface area contributed by atoms with Crippen LogP contribution in [-0.4, -0.2) is 165 Å². The van der Waals surface area contributed by atoms with E-state index in [0.29, 0.717) is 78.5 Å². The molecule has 15 rings (SSSR count). The van der Waals surface area contributed by atoms with E-state index in [2.05, 4.69) is 167 Å². The number of nitrogens with zero attached hydrogens (tertiary/aromatic N) is 11. The van der Waals surface area contributed by atoms with Gasteiger partial charge in [0.2, 0.25) is 5.13 Å². The molecule has 0 bridgehead atoms. The van der Waals surface area contributed by atoms with Crippen LogP contribution in [0.1, 0.15) is 53.3 Å². The summed E-state index contributed by atoms with van der Waals surface area (Å²) in [5, 5.41) is 43.7. The molecular weight excluding hydrogens is 1540 g/mol. The molecule has 4 aromatic heterocycles. The molecule has 0 saturated carbocycles. The number of benzene rings is 8. The Balaban J connectivity index is 0.000000135. The molecule has 2 fully saturated rings. The lowest BCUT2D eigenvalue weighted by molar-refractivity contribution is -0.0805. The Morgan fingerprint density at radius 3 is 1.85 bits per heavy atom. The number of ether oxygens (including phenoxy) is 1. The summed E-state index contributed by atoms with van der Waals surface area (Å²) in [5.41, 5.74) is 18.0. The van der Waals surface area contributed by atoms with Crippen LogP contribution < -0.4 is 26.7 Å². The number of hydrogen-bond donors (Lipinski definition) is 5. The maximum absolute atomic E-state index is 14.9. The van der Waals surface area contributed by atoms with Crippen LogP contribution in [0.4, 0.5) is 25.0 Å². The number of halogens is 4. The molecule has 3 aliphatic heterocycles. The van der Waals surface area contributed by atoms with E-state index in [1.807, 2.05) is 104 Å². The fourth-order valence-electron chi connectivity index (χ4n) is 13.7. The number of hydrazone groups is 1. The molecule has 3 atom stereocenters. The summed E-state index contributed by atoms with van der Waals surface area (Å²) in [6, 6.07) is 56.9. The summed E-state index contributed by atoms with van der Waals surface area (Å²) in [4.78, 5) is 39.4. The highest BCUT2D eigenvalue weighted by Gasteiger charge is 2.50. The van der Waals surface area contributed by atoms with Crippen molar-refractivity contribution in [2.45, 2.75) is 77.7 Å². The number of piperazine rings is 2. The first-order valence-electron chi connectivity index (χ1n) is 36.3. The second-order valence-corrected chi connectivity index (χ2v) is 30.9. The molecule has 0 radical (unpaired) electrons. The number of thiazole rings is 1. The number of hydrogen-bond acceptors (Lipinski definition) is 16. The SMILES string of the molecule is CCOc1ccccc1N=Nc1c(C)[nH]n(-c2nc(-c3ccccc3)cs2)c1=O.CON(C)C(=O)N1N=C(c2cc(C)ccc2F)S[C@@]1(CCCN)c1ccccc1.Cc1ccc2c(c1)c1cc(Br)ccc1n2CC(F)CN1CCNCC1.Cc1ccc2c(c1)c1cc(Br)ccc1n2CC(O)CN1CCNCC1. The van der Waals surface area contributed by atoms with Crippen molar-refractivity contribution >= 4 is 121 Å². The number of aliphatic hydroxyl groups excluding tert-OH is 1. The summed E-state index contributed by atoms with van der Waals surface area (Å²) < 4.78 is 43.0. The molecule has 108 heavy (non-hydrogen) atoms. The van der Waals surface area contributed by atoms with Crippen molar-refractivity contribution in [2.24, 2.45) is 21.1 Å². The van der Waals surface area contributed by atoms with Gasteiger partial charge in [0, 0.05) is 142 Å². The number of carbonyl (C=O) groups excluding carboxylic acids is 1. The lowest BCUT2D eigenvalue weighted by atomic mass is 10.0. The Hall–Kier alpha value is -8.77. The average molecular weight is 1630 g/mol. The van der Waals surface area contributed by atoms with Crippen molar-refractivity contribution in [3.8, 4) is 22.1 Å². The van der Waals surface area contributed by atoms with E-state index < -0.39 is 17.1 Å². The fraction of sp³-hybridized carbons (Fsp3) is 0.317. The number of alkyl halides is 1. The Morgan fingerprint density at radius 1 is 0.704 bits per heavy atom. The highest BCUT2D eigenvalue weighted by atomic mass is 79.9. The zero-order valence-electron chi connectivity index (χ0n) is 61.7. The van der Waals surface area contributed by atoms with Crippen molar-refractivity contribution in [3.05, 3.63) is 240 Å². The number of fused-ring (bicyclic) bond motifs is 6. The van der Waals surface area contributed by atoms with Crippen LogP contribution in [0.3, 0.4) is 0 Å². The van der Waals surface area contributed by atoms with Gasteiger partial charge in [-0.15, -0.1) is 21.6 Å². The minimum Gasteiger partial charge on any atom is -0.492 e. The third-order valence-corrected chi connectivity index (χ3v) is 22.4. The quantitative estimate of drug-likeness (QED) is 0.0356. The monoisotopic (exact) mass is 1630 g/mol. The number of urea groups is 1. The van der Waals surface area contributed by atoms with Gasteiger partial charge in [-0.25, -0.2) is 23.6 Å². The Labute approximate surface area is 652 Å². The van der Waals surface area contributed by atoms with Crippen LogP contribution in [0.25, 0.3) is 60.0 Å². The predicted molar refractivity (Wildman–Crippen MR) is 441 cm³/mol. The summed E-state index contributed by atoms with van der Waals surface area (Å²) >= 11 is 9.91. The van der Waals surface area contributed by atoms with Crippen molar-refractivity contribution in [2.75, 3.05) is 92.8 Å². The smallest absolute Gasteiger partial charge is 0.365 e. The number of β-amino-alcohol motifs (C(OH)–C–C–N with tert-alkyl or cyclic N) is 1. The molecule has 2 unspecified atom stereocenters. The number of aliphatic hydroxyl groups is 1. The first-order chi connectivity index (χ1) is 52.3. The second-order valence-electron chi connectivity index (χ2n) is 27.0. The van der Waals surface area contributed by atoms with Crippen molar-refractivity contribution in [1.82, 2.24) is 54.4 Å². The van der Waals surface area contributed by atoms with E-state index in [-0.39, 0.29) is 23.2 Å². The van der Waals surface area contributed by atoms with Gasteiger partial charge in [-0.1, -0.05) is 151 Å². The van der Waals surface area contributed by atoms with E-state index in [9.17, 15) is 23.5 Å². The van der Waals surface area contributed by atoms with Gasteiger partial charge in [0.1, 0.15) is 33.3 Å². The van der Waals surface area contributed by atoms with Crippen molar-refractivity contribution in [1.29, 1.82) is 0 Å². The number of hydroxylamine groups is 2. The lowest BCUT2D eigenvalue weighted by Gasteiger charge is -2.37. The minimum absolute atomic E-state index is 0.243. The number of aromatic nitrogens is 5. The predicted octanol–water partition coefficient (Wildman–Crippen LogP) is 16.7. The summed E-state index contributed by atoms with van der Waals surface area (Å²) in [6.45, 7) is 20.8. The molecule has 6 N–H and O–H groups in total. The van der Waals surface area contributed by atoms with Gasteiger partial charge in [-0.2, -0.15) is 14.8 Å². The normalized spacial score (nSPS) is 16.1. The van der Waals surface area contributed by atoms with E-state index in [1.165, 1.54) is 96.7 Å². The van der Waals surface area contributed by atoms with Gasteiger partial charge in [0.25, 0.3) is 0 Å². The lowest BCUT2D eigenvalue weighted by Crippen LogP contribution is -2.47. The Bertz CT molecular complexity index is 4930. The van der Waals surface area contributed by atoms with Crippen LogP contribution in [0.2, 0.25) is 0 Å². The summed E-state index contributed by atoms with van der Waals surface area (Å²) in [5.74, 6) is 0.247. The van der Waals surface area contributed by atoms with Gasteiger partial charge in [0.15, 0.2) is 5.69 Å². The van der Waals surface area contributed by atoms with Gasteiger partial charge < -0.3 is 35.3 Å². The summed E-state index contributed by atoms with van der Waals surface area (Å²) in [7, 11) is 2.93. The minimum atomic E-state index is -0.873. The van der Waals surface area contributed by atoms with Gasteiger partial charge in [0.05, 0.1) is 44.3 Å². The maximum atomic E-state index is 14.9. The molecule has 26 heteroatoms. The molecule has 12 aromatic rings. The topological polar surface area (TPSA) is 216 Å². The van der Waals surface area contributed by atoms with Gasteiger partial charge >= 0.3 is 11.6 Å². The highest BCUT2D eigenvalue weighted by Crippen LogP contribution is 2.51. The molecule has 2 amide bonds. The second kappa shape index (κ2) is 36.6. The largest absolute Gasteiger partial charge is 0.492 e. The third-order valence-electron chi connectivity index (χ3n) is 19.1. The summed E-state index contributed by atoms with van der Waals surface area (Å²) in [6.07, 6.45) is -0.0210. The first-order valence-corrected chi connectivity index (χ1v) is 39.5. The fourth-order valence-corrected chi connectivity index (χ4v) is 16.6. The number of amides is 2. The zero-order valence-corrected chi connectivity index (χ0v) is 66.5. The molecule has 7 heterocycles. The van der Waals surface area contributed by atoms with Crippen LogP contribution in [0.15, 0.2) is 210 Å². The number of nitrogens with two attached hydrogens (primary N) is 1. The van der Waals surface area contributed by atoms with Crippen LogP contribution >= 0.6 is 55.0 Å². The molecule has 20 nitrogen and oxygen atoms in total. The molecular formula is C82H91Br2F2N15O5S2. The van der Waals surface area contributed by atoms with E-state index in [0.717, 1.165) is 106 Å². The van der Waals surface area contributed by atoms with Gasteiger partial charge in [-0.3, -0.25) is 24.5 Å². The Morgan fingerprint density at radius 2 is 1.25 bits per heavy atom. The molecule has 8 aromatic carbocycles. The number of para-hydroxylation sites is 1. The molecule has 0 aliphatic carbocycles. The number of aromatic amines is 1. The maximum Gasteiger partial charge on any atom is 0.365 e. The van der Waals surface area contributed by atoms with E-state index in [1.54, 1.807) is 25.1 Å². The first kappa shape index (κ1) is 78.8. The molecule has 564 valence electrons.